The van der Waals surface area contributed by atoms with Crippen LogP contribution in [-0.4, -0.2) is 72.1 Å². The summed E-state index contributed by atoms with van der Waals surface area (Å²) < 4.78 is 0. The van der Waals surface area contributed by atoms with E-state index in [0.29, 0.717) is 44.2 Å². The summed E-state index contributed by atoms with van der Waals surface area (Å²) in [5, 5.41) is 7.31. The average Bonchev–Trinajstić information content (AvgIpc) is 3.33. The Bertz CT molecular complexity index is 635. The van der Waals surface area contributed by atoms with Crippen LogP contribution in [-0.2, 0) is 9.59 Å². The van der Waals surface area contributed by atoms with Crippen molar-refractivity contribution in [1.82, 2.24) is 20.4 Å². The van der Waals surface area contributed by atoms with Gasteiger partial charge in [0.2, 0.25) is 11.8 Å². The molecule has 5 rings (SSSR count). The molecule has 2 saturated heterocycles. The van der Waals surface area contributed by atoms with Crippen molar-refractivity contribution in [2.45, 2.75) is 75.4 Å². The molecule has 29 heavy (non-hydrogen) atoms. The Kier molecular flexibility index (Phi) is 5.33. The van der Waals surface area contributed by atoms with Crippen LogP contribution in [0.3, 0.4) is 0 Å². The Hall–Kier alpha value is -1.18. The minimum absolute atomic E-state index is 0.0888. The Morgan fingerprint density at radius 3 is 2.24 bits per heavy atom. The van der Waals surface area contributed by atoms with Crippen molar-refractivity contribution in [3.8, 4) is 0 Å². The first-order valence-electron chi connectivity index (χ1n) is 11.9. The maximum Gasteiger partial charge on any atom is 0.242 e. The van der Waals surface area contributed by atoms with Crippen LogP contribution >= 0.6 is 0 Å². The van der Waals surface area contributed by atoms with Gasteiger partial charge in [0.05, 0.1) is 5.54 Å². The van der Waals surface area contributed by atoms with Gasteiger partial charge < -0.3 is 20.9 Å². The van der Waals surface area contributed by atoms with Crippen molar-refractivity contribution in [3.63, 3.8) is 0 Å². The summed E-state index contributed by atoms with van der Waals surface area (Å²) in [5.74, 6) is 2.15. The predicted molar refractivity (Wildman–Crippen MR) is 111 cm³/mol. The van der Waals surface area contributed by atoms with Crippen molar-refractivity contribution in [2.24, 2.45) is 23.5 Å². The molecule has 3 saturated carbocycles. The standard InChI is InChI=1S/C22H37N5O2/c23-22(8-9-22)21(29)27-12-10-26(11-13-27)20(28)16-6-4-15(5-7-16)17-2-1-3-18-19(17)25-14-24-18/h15-19,24-25H,1-14,23H2. The Labute approximate surface area is 174 Å². The van der Waals surface area contributed by atoms with Crippen molar-refractivity contribution < 1.29 is 9.59 Å². The van der Waals surface area contributed by atoms with Gasteiger partial charge in [-0.3, -0.25) is 14.9 Å². The smallest absolute Gasteiger partial charge is 0.242 e. The van der Waals surface area contributed by atoms with Gasteiger partial charge in [0.25, 0.3) is 0 Å². The molecule has 0 aromatic carbocycles. The van der Waals surface area contributed by atoms with E-state index in [1.54, 1.807) is 0 Å². The molecule has 0 spiro atoms. The quantitative estimate of drug-likeness (QED) is 0.643. The monoisotopic (exact) mass is 403 g/mol. The number of rotatable bonds is 3. The highest BCUT2D eigenvalue weighted by Gasteiger charge is 2.49. The zero-order valence-corrected chi connectivity index (χ0v) is 17.6. The van der Waals surface area contributed by atoms with E-state index in [2.05, 4.69) is 10.6 Å². The van der Waals surface area contributed by atoms with Gasteiger partial charge in [-0.15, -0.1) is 0 Å². The van der Waals surface area contributed by atoms with Crippen LogP contribution in [0.15, 0.2) is 0 Å². The minimum atomic E-state index is -0.591. The van der Waals surface area contributed by atoms with Gasteiger partial charge in [-0.25, -0.2) is 0 Å². The molecule has 4 N–H and O–H groups in total. The van der Waals surface area contributed by atoms with E-state index >= 15 is 0 Å². The second-order valence-electron chi connectivity index (χ2n) is 10.2. The number of piperazine rings is 1. The molecule has 3 atom stereocenters. The summed E-state index contributed by atoms with van der Waals surface area (Å²) in [4.78, 5) is 29.4. The highest BCUT2D eigenvalue weighted by atomic mass is 16.2. The van der Waals surface area contributed by atoms with Crippen LogP contribution in [0.25, 0.3) is 0 Å². The Morgan fingerprint density at radius 1 is 0.862 bits per heavy atom. The molecule has 2 aliphatic heterocycles. The maximum atomic E-state index is 13.1. The number of hydrogen-bond acceptors (Lipinski definition) is 5. The number of nitrogens with zero attached hydrogens (tertiary/aromatic N) is 2. The molecule has 3 unspecified atom stereocenters. The molecule has 0 radical (unpaired) electrons. The Balaban J connectivity index is 1.10. The van der Waals surface area contributed by atoms with Crippen LogP contribution < -0.4 is 16.4 Å². The third kappa shape index (κ3) is 3.81. The van der Waals surface area contributed by atoms with Gasteiger partial charge in [0, 0.05) is 50.8 Å². The highest BCUT2D eigenvalue weighted by molar-refractivity contribution is 5.89. The summed E-state index contributed by atoms with van der Waals surface area (Å²) >= 11 is 0. The molecule has 5 fully saturated rings. The molecule has 2 heterocycles. The Morgan fingerprint density at radius 2 is 1.55 bits per heavy atom. The largest absolute Gasteiger partial charge is 0.339 e. The van der Waals surface area contributed by atoms with E-state index in [0.717, 1.165) is 44.2 Å². The topological polar surface area (TPSA) is 90.7 Å². The van der Waals surface area contributed by atoms with Crippen LogP contribution in [0.5, 0.6) is 0 Å². The van der Waals surface area contributed by atoms with Gasteiger partial charge in [-0.2, -0.15) is 0 Å². The third-order valence-corrected chi connectivity index (χ3v) is 8.47. The van der Waals surface area contributed by atoms with Crippen molar-refractivity contribution in [2.75, 3.05) is 32.8 Å². The second kappa shape index (κ2) is 7.82. The van der Waals surface area contributed by atoms with Crippen molar-refractivity contribution >= 4 is 11.8 Å². The van der Waals surface area contributed by atoms with Gasteiger partial charge in [-0.1, -0.05) is 6.42 Å². The van der Waals surface area contributed by atoms with Gasteiger partial charge in [-0.05, 0) is 63.2 Å². The van der Waals surface area contributed by atoms with Gasteiger partial charge in [0.1, 0.15) is 0 Å². The number of hydrogen-bond donors (Lipinski definition) is 3. The summed E-state index contributed by atoms with van der Waals surface area (Å²) in [6.07, 6.45) is 10.1. The summed E-state index contributed by atoms with van der Waals surface area (Å²) in [6.45, 7) is 3.58. The molecule has 0 aromatic rings. The van der Waals surface area contributed by atoms with E-state index in [9.17, 15) is 9.59 Å². The van der Waals surface area contributed by atoms with E-state index in [-0.39, 0.29) is 11.8 Å². The number of nitrogens with two attached hydrogens (primary N) is 1. The number of amides is 2. The first-order chi connectivity index (χ1) is 14.0. The summed E-state index contributed by atoms with van der Waals surface area (Å²) in [6, 6.07) is 1.30. The lowest BCUT2D eigenvalue weighted by atomic mass is 9.68. The fraction of sp³-hybridized carbons (Fsp3) is 0.909. The fourth-order valence-electron chi connectivity index (χ4n) is 6.44. The molecule has 2 amide bonds. The second-order valence-corrected chi connectivity index (χ2v) is 10.2. The van der Waals surface area contributed by atoms with Crippen LogP contribution in [0.2, 0.25) is 0 Å². The number of carbonyl (C=O) groups excluding carboxylic acids is 2. The molecular weight excluding hydrogens is 366 g/mol. The zero-order chi connectivity index (χ0) is 20.0. The third-order valence-electron chi connectivity index (χ3n) is 8.47. The van der Waals surface area contributed by atoms with Crippen LogP contribution in [0.4, 0.5) is 0 Å². The lowest BCUT2D eigenvalue weighted by molar-refractivity contribution is -0.144. The molecule has 3 aliphatic carbocycles. The van der Waals surface area contributed by atoms with Crippen molar-refractivity contribution in [3.05, 3.63) is 0 Å². The van der Waals surface area contributed by atoms with Gasteiger partial charge >= 0.3 is 0 Å². The van der Waals surface area contributed by atoms with E-state index in [1.165, 1.54) is 32.1 Å². The average molecular weight is 404 g/mol. The number of fused-ring (bicyclic) bond motifs is 1. The van der Waals surface area contributed by atoms with E-state index in [1.807, 2.05) is 9.80 Å². The molecule has 7 heteroatoms. The predicted octanol–water partition coefficient (Wildman–Crippen LogP) is 0.643. The molecule has 7 nitrogen and oxygen atoms in total. The molecular formula is C22H37N5O2. The SMILES string of the molecule is NC1(C(=O)N2CCN(C(=O)C3CCC(C4CCCC5NCNC54)CC3)CC2)CC1. The summed E-state index contributed by atoms with van der Waals surface area (Å²) in [7, 11) is 0. The van der Waals surface area contributed by atoms with E-state index < -0.39 is 5.54 Å². The summed E-state index contributed by atoms with van der Waals surface area (Å²) in [5.41, 5.74) is 5.47. The van der Waals surface area contributed by atoms with Crippen LogP contribution in [0.1, 0.15) is 57.8 Å². The molecule has 0 bridgehead atoms. The first-order valence-corrected chi connectivity index (χ1v) is 11.9. The maximum absolute atomic E-state index is 13.1. The number of carbonyl (C=O) groups is 2. The minimum Gasteiger partial charge on any atom is -0.339 e. The van der Waals surface area contributed by atoms with Crippen LogP contribution in [0, 0.1) is 17.8 Å². The lowest BCUT2D eigenvalue weighted by Gasteiger charge is -2.42. The van der Waals surface area contributed by atoms with E-state index in [4.69, 9.17) is 5.73 Å². The van der Waals surface area contributed by atoms with Gasteiger partial charge in [0.15, 0.2) is 0 Å². The lowest BCUT2D eigenvalue weighted by Crippen LogP contribution is -2.56. The van der Waals surface area contributed by atoms with Crippen molar-refractivity contribution in [1.29, 1.82) is 0 Å². The zero-order valence-electron chi connectivity index (χ0n) is 17.6. The molecule has 5 aliphatic rings. The molecule has 162 valence electrons. The highest BCUT2D eigenvalue weighted by Crippen LogP contribution is 2.41. The normalized spacial score (nSPS) is 39.1. The first kappa shape index (κ1) is 19.8. The number of nitrogens with one attached hydrogen (secondary N) is 2. The molecule has 0 aromatic heterocycles. The fourth-order valence-corrected chi connectivity index (χ4v) is 6.44.